The molecule has 1 N–H and O–H groups in total. The largest absolute Gasteiger partial charge is 0.418 e. The molecule has 4 aromatic rings. The van der Waals surface area contributed by atoms with E-state index in [0.29, 0.717) is 26.1 Å². The SMILES string of the molecule is Cc1cccc(NC(=O)Cn2c3c(sc2=O)C(c2cccnc2)C2C(=O)N(c4ccccc4C(F)(F)F)C(=O)C2S3)c1. The average Bonchev–Trinajstić information content (AvgIpc) is 3.39. The van der Waals surface area contributed by atoms with Crippen LogP contribution in [0.15, 0.2) is 82.9 Å². The summed E-state index contributed by atoms with van der Waals surface area (Å²) in [6.45, 7) is 1.52. The van der Waals surface area contributed by atoms with Crippen LogP contribution in [0.1, 0.15) is 27.5 Å². The maximum atomic E-state index is 13.9. The van der Waals surface area contributed by atoms with Crippen molar-refractivity contribution in [3.8, 4) is 0 Å². The number of nitrogens with one attached hydrogen (secondary N) is 1. The van der Waals surface area contributed by atoms with Gasteiger partial charge in [0.25, 0.3) is 0 Å². The zero-order valence-corrected chi connectivity index (χ0v) is 23.4. The van der Waals surface area contributed by atoms with Gasteiger partial charge in [-0.3, -0.25) is 28.7 Å². The van der Waals surface area contributed by atoms with E-state index in [4.69, 9.17) is 0 Å². The molecule has 0 saturated carbocycles. The molecular formula is C29H21F3N4O4S2. The van der Waals surface area contributed by atoms with Gasteiger partial charge in [0.2, 0.25) is 17.7 Å². The number of benzene rings is 2. The zero-order valence-electron chi connectivity index (χ0n) is 21.8. The topological polar surface area (TPSA) is 101 Å². The number of anilines is 2. The number of rotatable bonds is 5. The molecule has 0 spiro atoms. The van der Waals surface area contributed by atoms with E-state index < -0.39 is 57.1 Å². The van der Waals surface area contributed by atoms with E-state index in [1.807, 2.05) is 13.0 Å². The van der Waals surface area contributed by atoms with Gasteiger partial charge in [0.15, 0.2) is 0 Å². The molecule has 42 heavy (non-hydrogen) atoms. The van der Waals surface area contributed by atoms with Crippen molar-refractivity contribution in [3.63, 3.8) is 0 Å². The number of alkyl halides is 3. The highest BCUT2D eigenvalue weighted by atomic mass is 32.2. The summed E-state index contributed by atoms with van der Waals surface area (Å²) in [6.07, 6.45) is -1.77. The van der Waals surface area contributed by atoms with Crippen molar-refractivity contribution in [2.24, 2.45) is 5.92 Å². The molecule has 3 amide bonds. The highest BCUT2D eigenvalue weighted by Gasteiger charge is 2.57. The number of carbonyl (C=O) groups is 3. The molecule has 2 aromatic carbocycles. The van der Waals surface area contributed by atoms with Gasteiger partial charge in [-0.05, 0) is 48.4 Å². The van der Waals surface area contributed by atoms with Gasteiger partial charge in [0, 0.05) is 28.9 Å². The number of nitrogens with zero attached hydrogens (tertiary/aromatic N) is 3. The number of aryl methyl sites for hydroxylation is 1. The summed E-state index contributed by atoms with van der Waals surface area (Å²) in [5.74, 6) is -4.01. The molecule has 1 fully saturated rings. The Morgan fingerprint density at radius 2 is 1.81 bits per heavy atom. The third-order valence-electron chi connectivity index (χ3n) is 7.15. The van der Waals surface area contributed by atoms with Gasteiger partial charge in [0.1, 0.15) is 11.8 Å². The number of carbonyl (C=O) groups excluding carboxylic acids is 3. The van der Waals surface area contributed by atoms with Crippen LogP contribution >= 0.6 is 23.1 Å². The lowest BCUT2D eigenvalue weighted by molar-refractivity contribution is -0.137. The number of imide groups is 1. The summed E-state index contributed by atoms with van der Waals surface area (Å²) in [5.41, 5.74) is 0.359. The fourth-order valence-corrected chi connectivity index (χ4v) is 8.16. The Balaban J connectivity index is 1.42. The van der Waals surface area contributed by atoms with Crippen molar-refractivity contribution < 1.29 is 27.6 Å². The van der Waals surface area contributed by atoms with E-state index >= 15 is 0 Å². The summed E-state index contributed by atoms with van der Waals surface area (Å²) in [5, 5.41) is 1.96. The average molecular weight is 611 g/mol. The smallest absolute Gasteiger partial charge is 0.325 e. The second kappa shape index (κ2) is 10.6. The number of amides is 3. The van der Waals surface area contributed by atoms with E-state index in [1.165, 1.54) is 29.1 Å². The fourth-order valence-electron chi connectivity index (χ4n) is 5.39. The Hall–Kier alpha value is -4.23. The Bertz CT molecular complexity index is 1790. The van der Waals surface area contributed by atoms with Crippen LogP contribution in [0.5, 0.6) is 0 Å². The summed E-state index contributed by atoms with van der Waals surface area (Å²) < 4.78 is 42.9. The first-order valence-corrected chi connectivity index (χ1v) is 14.4. The van der Waals surface area contributed by atoms with E-state index in [0.717, 1.165) is 40.8 Å². The predicted octanol–water partition coefficient (Wildman–Crippen LogP) is 5.07. The quantitative estimate of drug-likeness (QED) is 0.317. The second-order valence-electron chi connectivity index (χ2n) is 9.90. The first-order valence-electron chi connectivity index (χ1n) is 12.7. The monoisotopic (exact) mass is 610 g/mol. The van der Waals surface area contributed by atoms with Gasteiger partial charge >= 0.3 is 11.0 Å². The minimum atomic E-state index is -4.80. The van der Waals surface area contributed by atoms with E-state index in [-0.39, 0.29) is 6.54 Å². The Kier molecular flexibility index (Phi) is 7.01. The van der Waals surface area contributed by atoms with Gasteiger partial charge in [-0.25, -0.2) is 4.90 Å². The molecule has 214 valence electrons. The predicted molar refractivity (Wildman–Crippen MR) is 152 cm³/mol. The molecule has 13 heteroatoms. The molecule has 6 rings (SSSR count). The van der Waals surface area contributed by atoms with Crippen molar-refractivity contribution >= 4 is 52.2 Å². The summed E-state index contributed by atoms with van der Waals surface area (Å²) >= 11 is 1.77. The van der Waals surface area contributed by atoms with Crippen LogP contribution in [0.2, 0.25) is 0 Å². The number of aromatic nitrogens is 2. The molecule has 4 heterocycles. The Morgan fingerprint density at radius 1 is 1.02 bits per heavy atom. The van der Waals surface area contributed by atoms with Crippen LogP contribution in [0.3, 0.4) is 0 Å². The third kappa shape index (κ3) is 4.81. The van der Waals surface area contributed by atoms with Gasteiger partial charge in [-0.2, -0.15) is 13.2 Å². The normalized spacial score (nSPS) is 19.9. The first kappa shape index (κ1) is 27.9. The molecule has 3 atom stereocenters. The summed E-state index contributed by atoms with van der Waals surface area (Å²) in [4.78, 5) is 58.6. The van der Waals surface area contributed by atoms with Crippen LogP contribution in [0.4, 0.5) is 24.5 Å². The number of thiazole rings is 1. The Morgan fingerprint density at radius 3 is 2.52 bits per heavy atom. The number of hydrogen-bond donors (Lipinski definition) is 1. The summed E-state index contributed by atoms with van der Waals surface area (Å²) in [6, 6.07) is 14.9. The van der Waals surface area contributed by atoms with Crippen molar-refractivity contribution in [2.45, 2.75) is 35.8 Å². The van der Waals surface area contributed by atoms with Gasteiger partial charge < -0.3 is 5.32 Å². The minimum absolute atomic E-state index is 0.326. The third-order valence-corrected chi connectivity index (χ3v) is 9.75. The van der Waals surface area contributed by atoms with Gasteiger partial charge in [0.05, 0.1) is 22.2 Å². The molecule has 0 aliphatic carbocycles. The molecular weight excluding hydrogens is 589 g/mol. The molecule has 2 aliphatic heterocycles. The van der Waals surface area contributed by atoms with Crippen LogP contribution in [-0.2, 0) is 27.1 Å². The lowest BCUT2D eigenvalue weighted by atomic mass is 9.84. The van der Waals surface area contributed by atoms with Crippen LogP contribution < -0.4 is 15.1 Å². The molecule has 0 bridgehead atoms. The number of halogens is 3. The first-order chi connectivity index (χ1) is 20.0. The highest BCUT2D eigenvalue weighted by Crippen LogP contribution is 2.54. The van der Waals surface area contributed by atoms with Crippen molar-refractivity contribution in [3.05, 3.63) is 104 Å². The number of hydrogen-bond acceptors (Lipinski definition) is 7. The zero-order chi connectivity index (χ0) is 29.8. The molecule has 1 saturated heterocycles. The lowest BCUT2D eigenvalue weighted by Crippen LogP contribution is -2.33. The molecule has 2 aliphatic rings. The molecule has 3 unspecified atom stereocenters. The van der Waals surface area contributed by atoms with Gasteiger partial charge in [-0.15, -0.1) is 0 Å². The maximum absolute atomic E-state index is 13.9. The summed E-state index contributed by atoms with van der Waals surface area (Å²) in [7, 11) is 0. The number of thioether (sulfide) groups is 1. The highest BCUT2D eigenvalue weighted by molar-refractivity contribution is 8.00. The lowest BCUT2D eigenvalue weighted by Gasteiger charge is -2.30. The fraction of sp³-hybridized carbons (Fsp3) is 0.207. The Labute approximate surface area is 245 Å². The number of fused-ring (bicyclic) bond motifs is 2. The molecule has 8 nitrogen and oxygen atoms in total. The van der Waals surface area contributed by atoms with Crippen molar-refractivity contribution in [1.82, 2.24) is 9.55 Å². The van der Waals surface area contributed by atoms with E-state index in [1.54, 1.807) is 30.3 Å². The van der Waals surface area contributed by atoms with E-state index in [2.05, 4.69) is 10.3 Å². The van der Waals surface area contributed by atoms with Gasteiger partial charge in [-0.1, -0.05) is 53.4 Å². The number of pyridine rings is 1. The van der Waals surface area contributed by atoms with Crippen molar-refractivity contribution in [2.75, 3.05) is 10.2 Å². The van der Waals surface area contributed by atoms with Crippen LogP contribution in [0, 0.1) is 12.8 Å². The standard InChI is InChI=1S/C29H21F3N4O4S2/c1-15-6-4-8-17(12-15)34-20(37)14-35-27-24(42-28(35)40)21(16-7-5-11-33-13-16)22-23(41-27)26(39)36(25(22)38)19-10-3-2-9-18(19)29(30,31)32/h2-13,21-23H,14H2,1H3,(H,34,37). The maximum Gasteiger partial charge on any atom is 0.418 e. The van der Waals surface area contributed by atoms with Crippen LogP contribution in [-0.4, -0.2) is 32.5 Å². The molecule has 0 radical (unpaired) electrons. The van der Waals surface area contributed by atoms with Crippen LogP contribution in [0.25, 0.3) is 0 Å². The minimum Gasteiger partial charge on any atom is -0.325 e. The number of para-hydroxylation sites is 1. The molecule has 2 aromatic heterocycles. The second-order valence-corrected chi connectivity index (χ2v) is 12.0. The van der Waals surface area contributed by atoms with E-state index in [9.17, 15) is 32.3 Å². The van der Waals surface area contributed by atoms with Crippen molar-refractivity contribution in [1.29, 1.82) is 0 Å².